The topological polar surface area (TPSA) is 37.3 Å². The van der Waals surface area contributed by atoms with Gasteiger partial charge in [-0.3, -0.25) is 4.79 Å². The summed E-state index contributed by atoms with van der Waals surface area (Å²) in [6.07, 6.45) is 2.96. The highest BCUT2D eigenvalue weighted by Crippen LogP contribution is 2.47. The van der Waals surface area contributed by atoms with E-state index in [0.29, 0.717) is 19.3 Å². The van der Waals surface area contributed by atoms with E-state index < -0.39 is 23.0 Å². The van der Waals surface area contributed by atoms with E-state index in [-0.39, 0.29) is 10.5 Å². The zero-order chi connectivity index (χ0) is 12.6. The van der Waals surface area contributed by atoms with Crippen LogP contribution in [0.4, 0.5) is 8.78 Å². The molecule has 0 atom stereocenters. The molecule has 0 heterocycles. The monoisotopic (exact) mass is 258 g/mol. The second kappa shape index (κ2) is 4.29. The molecule has 0 aromatic heterocycles. The van der Waals surface area contributed by atoms with E-state index in [0.717, 1.165) is 17.8 Å². The van der Waals surface area contributed by atoms with Crippen LogP contribution in [0.15, 0.2) is 17.0 Å². The molecule has 1 aliphatic carbocycles. The van der Waals surface area contributed by atoms with Gasteiger partial charge < -0.3 is 5.11 Å². The van der Waals surface area contributed by atoms with E-state index in [1.165, 1.54) is 6.07 Å². The van der Waals surface area contributed by atoms with Gasteiger partial charge in [0.2, 0.25) is 0 Å². The Morgan fingerprint density at radius 2 is 2.06 bits per heavy atom. The van der Waals surface area contributed by atoms with Crippen molar-refractivity contribution in [1.29, 1.82) is 0 Å². The van der Waals surface area contributed by atoms with Gasteiger partial charge in [0, 0.05) is 10.5 Å². The summed E-state index contributed by atoms with van der Waals surface area (Å²) in [7, 11) is 0. The fraction of sp³-hybridized carbons (Fsp3) is 0.417. The third-order valence-electron chi connectivity index (χ3n) is 3.37. The molecule has 0 unspecified atom stereocenters. The lowest BCUT2D eigenvalue weighted by molar-refractivity contribution is -0.147. The van der Waals surface area contributed by atoms with Gasteiger partial charge in [-0.2, -0.15) is 0 Å². The summed E-state index contributed by atoms with van der Waals surface area (Å²) in [6, 6.07) is 2.49. The van der Waals surface area contributed by atoms with E-state index >= 15 is 0 Å². The first-order valence-corrected chi connectivity index (χ1v) is 6.51. The fourth-order valence-electron chi connectivity index (χ4n) is 2.23. The number of aliphatic carboxylic acids is 1. The van der Waals surface area contributed by atoms with E-state index in [4.69, 9.17) is 0 Å². The first-order valence-electron chi connectivity index (χ1n) is 5.29. The third kappa shape index (κ3) is 1.73. The second-order valence-corrected chi connectivity index (χ2v) is 5.03. The molecule has 1 fully saturated rings. The highest BCUT2D eigenvalue weighted by atomic mass is 32.2. The lowest BCUT2D eigenvalue weighted by Crippen LogP contribution is -2.44. The fourth-order valence-corrected chi connectivity index (χ4v) is 2.72. The number of benzene rings is 1. The SMILES string of the molecule is CSc1ccc(F)c(C2(C(=O)O)CCC2)c1F. The van der Waals surface area contributed by atoms with Crippen molar-refractivity contribution in [2.24, 2.45) is 0 Å². The van der Waals surface area contributed by atoms with E-state index in [1.807, 2.05) is 0 Å². The van der Waals surface area contributed by atoms with Crippen molar-refractivity contribution < 1.29 is 18.7 Å². The summed E-state index contributed by atoms with van der Waals surface area (Å²) in [5.74, 6) is -2.62. The molecule has 1 N–H and O–H groups in total. The van der Waals surface area contributed by atoms with Gasteiger partial charge in [-0.05, 0) is 31.2 Å². The predicted octanol–water partition coefficient (Wildman–Crippen LogP) is 3.19. The molecule has 92 valence electrons. The number of carboxylic acid groups (broad SMARTS) is 1. The van der Waals surface area contributed by atoms with Crippen molar-refractivity contribution in [3.63, 3.8) is 0 Å². The molecule has 0 amide bonds. The molecule has 0 radical (unpaired) electrons. The molecular weight excluding hydrogens is 246 g/mol. The second-order valence-electron chi connectivity index (χ2n) is 4.18. The number of carboxylic acids is 1. The largest absolute Gasteiger partial charge is 0.481 e. The van der Waals surface area contributed by atoms with E-state index in [9.17, 15) is 18.7 Å². The van der Waals surface area contributed by atoms with Crippen molar-refractivity contribution in [2.75, 3.05) is 6.26 Å². The molecule has 17 heavy (non-hydrogen) atoms. The molecular formula is C12H12F2O2S. The molecule has 1 aromatic carbocycles. The highest BCUT2D eigenvalue weighted by molar-refractivity contribution is 7.98. The lowest BCUT2D eigenvalue weighted by atomic mass is 9.64. The Morgan fingerprint density at radius 1 is 1.41 bits per heavy atom. The Morgan fingerprint density at radius 3 is 2.47 bits per heavy atom. The first-order chi connectivity index (χ1) is 8.03. The van der Waals surface area contributed by atoms with E-state index in [2.05, 4.69) is 0 Å². The van der Waals surface area contributed by atoms with Crippen LogP contribution in [-0.2, 0) is 10.2 Å². The van der Waals surface area contributed by atoms with Crippen LogP contribution in [0.5, 0.6) is 0 Å². The Labute approximate surface area is 102 Å². The highest BCUT2D eigenvalue weighted by Gasteiger charge is 2.49. The number of hydrogen-bond donors (Lipinski definition) is 1. The summed E-state index contributed by atoms with van der Waals surface area (Å²) in [5, 5.41) is 9.21. The van der Waals surface area contributed by atoms with Crippen LogP contribution in [0.2, 0.25) is 0 Å². The number of thioether (sulfide) groups is 1. The Hall–Kier alpha value is -1.10. The average Bonchev–Trinajstić information content (AvgIpc) is 2.21. The zero-order valence-electron chi connectivity index (χ0n) is 9.30. The molecule has 5 heteroatoms. The Kier molecular flexibility index (Phi) is 3.12. The van der Waals surface area contributed by atoms with Gasteiger partial charge in [-0.1, -0.05) is 6.42 Å². The van der Waals surface area contributed by atoms with Crippen molar-refractivity contribution in [3.05, 3.63) is 29.3 Å². The number of carbonyl (C=O) groups is 1. The maximum absolute atomic E-state index is 14.1. The van der Waals surface area contributed by atoms with Gasteiger partial charge in [0.15, 0.2) is 0 Å². The summed E-state index contributed by atoms with van der Waals surface area (Å²) in [6.45, 7) is 0. The van der Waals surface area contributed by atoms with Gasteiger partial charge in [0.05, 0.1) is 5.41 Å². The van der Waals surface area contributed by atoms with Crippen molar-refractivity contribution >= 4 is 17.7 Å². The molecule has 1 aromatic rings. The van der Waals surface area contributed by atoms with Crippen LogP contribution >= 0.6 is 11.8 Å². The van der Waals surface area contributed by atoms with Gasteiger partial charge in [0.1, 0.15) is 11.6 Å². The molecule has 2 rings (SSSR count). The average molecular weight is 258 g/mol. The number of hydrogen-bond acceptors (Lipinski definition) is 2. The molecule has 0 spiro atoms. The van der Waals surface area contributed by atoms with Crippen LogP contribution in [0.3, 0.4) is 0 Å². The molecule has 0 aliphatic heterocycles. The standard InChI is InChI=1S/C12H12F2O2S/c1-17-8-4-3-7(13)9(10(8)14)12(11(15)16)5-2-6-12/h3-4H,2,5-6H2,1H3,(H,15,16). The van der Waals surface area contributed by atoms with Crippen LogP contribution < -0.4 is 0 Å². The van der Waals surface area contributed by atoms with Crippen LogP contribution in [-0.4, -0.2) is 17.3 Å². The van der Waals surface area contributed by atoms with Crippen LogP contribution in [0.25, 0.3) is 0 Å². The first kappa shape index (κ1) is 12.4. The molecule has 0 bridgehead atoms. The lowest BCUT2D eigenvalue weighted by Gasteiger charge is -2.38. The number of halogens is 2. The van der Waals surface area contributed by atoms with Gasteiger partial charge in [0.25, 0.3) is 0 Å². The number of rotatable bonds is 3. The Balaban J connectivity index is 2.61. The van der Waals surface area contributed by atoms with Gasteiger partial charge >= 0.3 is 5.97 Å². The normalized spacial score (nSPS) is 17.6. The van der Waals surface area contributed by atoms with Crippen molar-refractivity contribution in [3.8, 4) is 0 Å². The molecule has 2 nitrogen and oxygen atoms in total. The summed E-state index contributed by atoms with van der Waals surface area (Å²) >= 11 is 1.15. The molecule has 0 saturated heterocycles. The Bertz CT molecular complexity index is 470. The van der Waals surface area contributed by atoms with Crippen LogP contribution in [0.1, 0.15) is 24.8 Å². The smallest absolute Gasteiger partial charge is 0.314 e. The maximum Gasteiger partial charge on any atom is 0.314 e. The summed E-state index contributed by atoms with van der Waals surface area (Å²) in [4.78, 5) is 11.6. The summed E-state index contributed by atoms with van der Waals surface area (Å²) in [5.41, 5.74) is -1.64. The minimum atomic E-state index is -1.36. The minimum absolute atomic E-state index is 0.275. The van der Waals surface area contributed by atoms with Gasteiger partial charge in [-0.25, -0.2) is 8.78 Å². The molecule has 1 aliphatic rings. The van der Waals surface area contributed by atoms with Gasteiger partial charge in [-0.15, -0.1) is 11.8 Å². The van der Waals surface area contributed by atoms with Crippen molar-refractivity contribution in [1.82, 2.24) is 0 Å². The predicted molar refractivity (Wildman–Crippen MR) is 61.3 cm³/mol. The quantitative estimate of drug-likeness (QED) is 0.846. The summed E-state index contributed by atoms with van der Waals surface area (Å²) < 4.78 is 27.8. The third-order valence-corrected chi connectivity index (χ3v) is 4.13. The minimum Gasteiger partial charge on any atom is -0.481 e. The van der Waals surface area contributed by atoms with Crippen molar-refractivity contribution in [2.45, 2.75) is 29.6 Å². The maximum atomic E-state index is 14.1. The zero-order valence-corrected chi connectivity index (χ0v) is 10.1. The molecule has 1 saturated carbocycles. The van der Waals surface area contributed by atoms with E-state index in [1.54, 1.807) is 6.26 Å². The van der Waals surface area contributed by atoms with Crippen LogP contribution in [0, 0.1) is 11.6 Å².